The predicted molar refractivity (Wildman–Crippen MR) is 69.1 cm³/mol. The number of rotatable bonds is 3. The average molecular weight is 237 g/mol. The Morgan fingerprint density at radius 2 is 2.00 bits per heavy atom. The summed E-state index contributed by atoms with van der Waals surface area (Å²) in [5.74, 6) is 0.933. The smallest absolute Gasteiger partial charge is 0.123 e. The van der Waals surface area contributed by atoms with E-state index in [1.807, 2.05) is 6.07 Å². The van der Waals surface area contributed by atoms with Crippen molar-refractivity contribution in [1.29, 1.82) is 0 Å². The van der Waals surface area contributed by atoms with Gasteiger partial charge in [0, 0.05) is 16.0 Å². The van der Waals surface area contributed by atoms with E-state index in [9.17, 15) is 0 Å². The molecule has 0 atom stereocenters. The van der Waals surface area contributed by atoms with Gasteiger partial charge >= 0.3 is 0 Å². The van der Waals surface area contributed by atoms with Gasteiger partial charge in [-0.3, -0.25) is 0 Å². The normalized spacial score (nSPS) is 18.7. The summed E-state index contributed by atoms with van der Waals surface area (Å²) >= 11 is 1.75. The van der Waals surface area contributed by atoms with Crippen LogP contribution in [0.2, 0.25) is 0 Å². The van der Waals surface area contributed by atoms with Crippen LogP contribution in [0.1, 0.15) is 31.2 Å². The molecule has 0 spiro atoms. The molecule has 1 saturated carbocycles. The number of hydrogen-bond acceptors (Lipinski definition) is 3. The molecule has 0 aliphatic heterocycles. The van der Waals surface area contributed by atoms with E-state index in [1.165, 1.54) is 23.3 Å². The Kier molecular flexibility index (Phi) is 3.45. The second kappa shape index (κ2) is 4.68. The molecule has 1 aromatic rings. The third kappa shape index (κ3) is 2.06. The van der Waals surface area contributed by atoms with Crippen LogP contribution in [0.25, 0.3) is 0 Å². The molecule has 88 valence electrons. The predicted octanol–water partition coefficient (Wildman–Crippen LogP) is 3.15. The van der Waals surface area contributed by atoms with Crippen LogP contribution < -0.4 is 10.5 Å². The fourth-order valence-electron chi connectivity index (χ4n) is 2.48. The highest BCUT2D eigenvalue weighted by molar-refractivity contribution is 7.98. The Bertz CT molecular complexity index is 372. The van der Waals surface area contributed by atoms with Crippen molar-refractivity contribution >= 4 is 11.8 Å². The first-order valence-corrected chi connectivity index (χ1v) is 6.93. The minimum absolute atomic E-state index is 0.170. The van der Waals surface area contributed by atoms with Gasteiger partial charge in [0.1, 0.15) is 5.75 Å². The number of ether oxygens (including phenoxy) is 1. The lowest BCUT2D eigenvalue weighted by Crippen LogP contribution is -2.33. The topological polar surface area (TPSA) is 35.2 Å². The van der Waals surface area contributed by atoms with Crippen molar-refractivity contribution in [3.63, 3.8) is 0 Å². The molecule has 16 heavy (non-hydrogen) atoms. The van der Waals surface area contributed by atoms with Gasteiger partial charge in [0.25, 0.3) is 0 Å². The average Bonchev–Trinajstić information content (AvgIpc) is 2.76. The zero-order valence-electron chi connectivity index (χ0n) is 9.95. The van der Waals surface area contributed by atoms with E-state index < -0.39 is 0 Å². The van der Waals surface area contributed by atoms with Crippen LogP contribution in [0.4, 0.5) is 0 Å². The maximum absolute atomic E-state index is 6.49. The van der Waals surface area contributed by atoms with Crippen molar-refractivity contribution in [3.8, 4) is 5.75 Å². The molecule has 1 aliphatic carbocycles. The first kappa shape index (κ1) is 11.8. The van der Waals surface area contributed by atoms with Crippen LogP contribution in [0.5, 0.6) is 5.75 Å². The molecule has 1 fully saturated rings. The zero-order chi connectivity index (χ0) is 11.6. The molecule has 3 heteroatoms. The van der Waals surface area contributed by atoms with Gasteiger partial charge in [-0.2, -0.15) is 0 Å². The number of hydrogen-bond donors (Lipinski definition) is 1. The second-order valence-electron chi connectivity index (χ2n) is 4.43. The lowest BCUT2D eigenvalue weighted by Gasteiger charge is -2.26. The highest BCUT2D eigenvalue weighted by Crippen LogP contribution is 2.41. The summed E-state index contributed by atoms with van der Waals surface area (Å²) in [5.41, 5.74) is 7.50. The van der Waals surface area contributed by atoms with Crippen LogP contribution in [0.3, 0.4) is 0 Å². The van der Waals surface area contributed by atoms with E-state index in [0.717, 1.165) is 18.6 Å². The summed E-state index contributed by atoms with van der Waals surface area (Å²) in [6.07, 6.45) is 6.68. The maximum atomic E-state index is 6.49. The third-order valence-corrected chi connectivity index (χ3v) is 4.16. The van der Waals surface area contributed by atoms with Crippen LogP contribution in [0, 0.1) is 0 Å². The molecule has 0 bridgehead atoms. The Morgan fingerprint density at radius 1 is 1.31 bits per heavy atom. The van der Waals surface area contributed by atoms with Crippen LogP contribution in [-0.4, -0.2) is 13.4 Å². The minimum Gasteiger partial charge on any atom is -0.496 e. The van der Waals surface area contributed by atoms with Gasteiger partial charge in [0.05, 0.1) is 7.11 Å². The van der Waals surface area contributed by atoms with Crippen LogP contribution in [-0.2, 0) is 5.54 Å². The molecule has 1 aromatic carbocycles. The molecule has 0 unspecified atom stereocenters. The summed E-state index contributed by atoms with van der Waals surface area (Å²) in [6, 6.07) is 6.31. The molecule has 1 aliphatic rings. The SMILES string of the molecule is COc1ccc(SC)cc1C1(N)CCCC1. The zero-order valence-corrected chi connectivity index (χ0v) is 10.8. The van der Waals surface area contributed by atoms with Crippen molar-refractivity contribution in [1.82, 2.24) is 0 Å². The second-order valence-corrected chi connectivity index (χ2v) is 5.31. The van der Waals surface area contributed by atoms with E-state index in [2.05, 4.69) is 18.4 Å². The summed E-state index contributed by atoms with van der Waals surface area (Å²) in [6.45, 7) is 0. The van der Waals surface area contributed by atoms with Crippen molar-refractivity contribution in [3.05, 3.63) is 23.8 Å². The van der Waals surface area contributed by atoms with Gasteiger partial charge in [-0.05, 0) is 37.3 Å². The first-order valence-electron chi connectivity index (χ1n) is 5.71. The summed E-state index contributed by atoms with van der Waals surface area (Å²) in [5, 5.41) is 0. The maximum Gasteiger partial charge on any atom is 0.123 e. The summed E-state index contributed by atoms with van der Waals surface area (Å²) in [4.78, 5) is 1.26. The molecule has 0 amide bonds. The Morgan fingerprint density at radius 3 is 2.56 bits per heavy atom. The Labute approximate surface area is 102 Å². The number of nitrogens with two attached hydrogens (primary N) is 1. The first-order chi connectivity index (χ1) is 7.69. The molecule has 2 nitrogen and oxygen atoms in total. The van der Waals surface area contributed by atoms with Crippen molar-refractivity contribution in [2.45, 2.75) is 36.1 Å². The third-order valence-electron chi connectivity index (χ3n) is 3.44. The molecule has 2 N–H and O–H groups in total. The van der Waals surface area contributed by atoms with Gasteiger partial charge in [0.15, 0.2) is 0 Å². The monoisotopic (exact) mass is 237 g/mol. The quantitative estimate of drug-likeness (QED) is 0.820. The summed E-state index contributed by atoms with van der Waals surface area (Å²) in [7, 11) is 1.72. The van der Waals surface area contributed by atoms with E-state index in [1.54, 1.807) is 18.9 Å². The molecule has 2 rings (SSSR count). The van der Waals surface area contributed by atoms with Gasteiger partial charge in [-0.15, -0.1) is 11.8 Å². The van der Waals surface area contributed by atoms with Crippen molar-refractivity contribution in [2.75, 3.05) is 13.4 Å². The fraction of sp³-hybridized carbons (Fsp3) is 0.538. The van der Waals surface area contributed by atoms with Crippen molar-refractivity contribution < 1.29 is 4.74 Å². The lowest BCUT2D eigenvalue weighted by molar-refractivity contribution is 0.378. The van der Waals surface area contributed by atoms with Crippen LogP contribution >= 0.6 is 11.8 Å². The van der Waals surface area contributed by atoms with Crippen LogP contribution in [0.15, 0.2) is 23.1 Å². The van der Waals surface area contributed by atoms with E-state index in [0.29, 0.717) is 0 Å². The Balaban J connectivity index is 2.43. The molecular formula is C13H19NOS. The molecule has 0 heterocycles. The van der Waals surface area contributed by atoms with E-state index in [4.69, 9.17) is 10.5 Å². The lowest BCUT2D eigenvalue weighted by atomic mass is 9.89. The molecular weight excluding hydrogens is 218 g/mol. The molecule has 0 aromatic heterocycles. The van der Waals surface area contributed by atoms with Gasteiger partial charge in [-0.1, -0.05) is 12.8 Å². The van der Waals surface area contributed by atoms with Gasteiger partial charge in [-0.25, -0.2) is 0 Å². The largest absolute Gasteiger partial charge is 0.496 e. The number of methoxy groups -OCH3 is 1. The van der Waals surface area contributed by atoms with Gasteiger partial charge < -0.3 is 10.5 Å². The highest BCUT2D eigenvalue weighted by Gasteiger charge is 2.33. The van der Waals surface area contributed by atoms with E-state index in [-0.39, 0.29) is 5.54 Å². The summed E-state index contributed by atoms with van der Waals surface area (Å²) < 4.78 is 5.43. The molecule has 0 radical (unpaired) electrons. The molecule has 0 saturated heterocycles. The number of thioether (sulfide) groups is 1. The standard InChI is InChI=1S/C13H19NOS/c1-15-12-6-5-10(16-2)9-11(12)13(14)7-3-4-8-13/h5-6,9H,3-4,7-8,14H2,1-2H3. The Hall–Kier alpha value is -0.670. The van der Waals surface area contributed by atoms with E-state index >= 15 is 0 Å². The number of benzene rings is 1. The fourth-order valence-corrected chi connectivity index (χ4v) is 2.92. The van der Waals surface area contributed by atoms with Crippen molar-refractivity contribution in [2.24, 2.45) is 5.73 Å². The minimum atomic E-state index is -0.170. The highest BCUT2D eigenvalue weighted by atomic mass is 32.2. The van der Waals surface area contributed by atoms with Gasteiger partial charge in [0.2, 0.25) is 0 Å².